The number of carboxylic acid groups (broad SMARTS) is 1. The third kappa shape index (κ3) is 16.4. The highest BCUT2D eigenvalue weighted by Gasteiger charge is 2.17. The molecule has 15 heteroatoms. The lowest BCUT2D eigenvalue weighted by molar-refractivity contribution is -0.139. The molecule has 4 amide bonds. The maximum atomic E-state index is 11.1. The van der Waals surface area contributed by atoms with Crippen molar-refractivity contribution in [2.75, 3.05) is 27.4 Å². The van der Waals surface area contributed by atoms with Crippen LogP contribution in [0.4, 0.5) is 0 Å². The summed E-state index contributed by atoms with van der Waals surface area (Å²) in [5.74, 6) is -5.06. The zero-order valence-corrected chi connectivity index (χ0v) is 19.7. The quantitative estimate of drug-likeness (QED) is 0.122. The minimum atomic E-state index is -1.17. The zero-order chi connectivity index (χ0) is 28.4. The van der Waals surface area contributed by atoms with E-state index in [1.54, 1.807) is 0 Å². The van der Waals surface area contributed by atoms with Crippen molar-refractivity contribution in [1.82, 2.24) is 10.6 Å². The number of aliphatic hydroxyl groups is 1. The van der Waals surface area contributed by atoms with E-state index in [0.717, 1.165) is 18.2 Å². The molecule has 0 bridgehead atoms. The largest absolute Gasteiger partial charge is 0.478 e. The molecule has 0 saturated carbocycles. The number of rotatable bonds is 7. The Balaban J connectivity index is 0.000000577. The first-order valence-corrected chi connectivity index (χ1v) is 9.99. The second-order valence-electron chi connectivity index (χ2n) is 6.60. The number of carbonyl (C=O) groups is 8. The number of aliphatic carboxylic acids is 1. The van der Waals surface area contributed by atoms with Gasteiger partial charge in [-0.2, -0.15) is 0 Å². The zero-order valence-electron chi connectivity index (χ0n) is 19.7. The Hall–Kier alpha value is -4.92. The minimum absolute atomic E-state index is 0.000262. The number of hydrogen-bond donors (Lipinski definition) is 4. The van der Waals surface area contributed by atoms with Crippen LogP contribution in [0.3, 0.4) is 0 Å². The summed E-state index contributed by atoms with van der Waals surface area (Å²) in [6.07, 6.45) is 5.92. The van der Waals surface area contributed by atoms with Gasteiger partial charge in [-0.1, -0.05) is 0 Å². The summed E-state index contributed by atoms with van der Waals surface area (Å²) >= 11 is 0. The molecule has 15 nitrogen and oxygen atoms in total. The van der Waals surface area contributed by atoms with Crippen molar-refractivity contribution in [3.63, 3.8) is 0 Å². The van der Waals surface area contributed by atoms with Crippen molar-refractivity contribution in [1.29, 1.82) is 0 Å². The fraction of sp³-hybridized carbons (Fsp3) is 0.273. The molecule has 37 heavy (non-hydrogen) atoms. The van der Waals surface area contributed by atoms with E-state index in [9.17, 15) is 38.4 Å². The van der Waals surface area contributed by atoms with Crippen LogP contribution in [-0.2, 0) is 52.6 Å². The lowest BCUT2D eigenvalue weighted by Crippen LogP contribution is -2.33. The Morgan fingerprint density at radius 3 is 1.65 bits per heavy atom. The van der Waals surface area contributed by atoms with E-state index in [2.05, 4.69) is 20.1 Å². The van der Waals surface area contributed by atoms with Crippen LogP contribution < -0.4 is 10.6 Å². The molecule has 0 aromatic rings. The lowest BCUT2D eigenvalue weighted by Gasteiger charge is -2.11. The van der Waals surface area contributed by atoms with Crippen molar-refractivity contribution < 1.29 is 62.8 Å². The number of esters is 3. The number of hydrogen-bond acceptors (Lipinski definition) is 12. The summed E-state index contributed by atoms with van der Waals surface area (Å²) in [6.45, 7) is -0.400. The van der Waals surface area contributed by atoms with E-state index in [1.807, 2.05) is 0 Å². The summed E-state index contributed by atoms with van der Waals surface area (Å²) in [7, 11) is 2.35. The van der Waals surface area contributed by atoms with Gasteiger partial charge < -0.3 is 24.4 Å². The summed E-state index contributed by atoms with van der Waals surface area (Å²) in [5.41, 5.74) is 0.859. The van der Waals surface area contributed by atoms with Gasteiger partial charge in [0.15, 0.2) is 0 Å². The summed E-state index contributed by atoms with van der Waals surface area (Å²) < 4.78 is 13.1. The molecular weight excluding hydrogens is 500 g/mol. The molecule has 2 aliphatic rings. The van der Waals surface area contributed by atoms with Gasteiger partial charge in [-0.05, 0) is 11.1 Å². The van der Waals surface area contributed by atoms with Crippen molar-refractivity contribution in [3.05, 3.63) is 47.6 Å². The van der Waals surface area contributed by atoms with E-state index >= 15 is 0 Å². The molecule has 200 valence electrons. The van der Waals surface area contributed by atoms with Crippen LogP contribution in [0.1, 0.15) is 12.8 Å². The highest BCUT2D eigenvalue weighted by molar-refractivity contribution is 6.05. The number of aliphatic hydroxyl groups excluding tert-OH is 1. The van der Waals surface area contributed by atoms with E-state index in [4.69, 9.17) is 14.9 Å². The molecule has 2 aliphatic heterocycles. The molecule has 4 N–H and O–H groups in total. The number of carboxylic acids is 1. The van der Waals surface area contributed by atoms with Crippen LogP contribution in [-0.4, -0.2) is 85.2 Å². The number of nitrogens with one attached hydrogen (secondary N) is 2. The predicted octanol–water partition coefficient (Wildman–Crippen LogP) is -2.02. The maximum absolute atomic E-state index is 11.1. The highest BCUT2D eigenvalue weighted by atomic mass is 16.5. The second kappa shape index (κ2) is 17.5. The average Bonchev–Trinajstić information content (AvgIpc) is 2.84. The third-order valence-electron chi connectivity index (χ3n) is 3.69. The van der Waals surface area contributed by atoms with Crippen LogP contribution in [0.2, 0.25) is 0 Å². The van der Waals surface area contributed by atoms with Gasteiger partial charge in [-0.15, -0.1) is 0 Å². The number of ether oxygens (including phenoxy) is 3. The van der Waals surface area contributed by atoms with E-state index < -0.39 is 41.6 Å². The maximum Gasteiger partial charge on any atom is 0.331 e. The Morgan fingerprint density at radius 2 is 1.22 bits per heavy atom. The number of imide groups is 2. The van der Waals surface area contributed by atoms with E-state index in [0.29, 0.717) is 17.2 Å². The Labute approximate surface area is 209 Å². The molecule has 0 aromatic heterocycles. The number of amides is 4. The van der Waals surface area contributed by atoms with Gasteiger partial charge in [0, 0.05) is 36.5 Å². The minimum Gasteiger partial charge on any atom is -0.478 e. The SMILES string of the molecule is COC(=O)/C=C/C(=O)O.COC(=O)/C=C/C(=O)OCC1=CC(=O)NC(=O)C1.O=C1C=C(CO)CC(=O)N1. The first-order chi connectivity index (χ1) is 17.4. The highest BCUT2D eigenvalue weighted by Crippen LogP contribution is 2.07. The summed E-state index contributed by atoms with van der Waals surface area (Å²) in [4.78, 5) is 84.7. The summed E-state index contributed by atoms with van der Waals surface area (Å²) in [5, 5.41) is 20.6. The second-order valence-corrected chi connectivity index (χ2v) is 6.60. The Bertz CT molecular complexity index is 1050. The van der Waals surface area contributed by atoms with Crippen LogP contribution in [0.25, 0.3) is 0 Å². The normalized spacial score (nSPS) is 14.6. The van der Waals surface area contributed by atoms with Crippen molar-refractivity contribution >= 4 is 47.5 Å². The molecule has 0 saturated heterocycles. The Morgan fingerprint density at radius 1 is 0.784 bits per heavy atom. The van der Waals surface area contributed by atoms with E-state index in [-0.39, 0.29) is 32.0 Å². The van der Waals surface area contributed by atoms with Crippen molar-refractivity contribution in [2.24, 2.45) is 0 Å². The van der Waals surface area contributed by atoms with Gasteiger partial charge in [-0.3, -0.25) is 29.8 Å². The molecule has 0 aromatic carbocycles. The van der Waals surface area contributed by atoms with E-state index in [1.165, 1.54) is 26.4 Å². The van der Waals surface area contributed by atoms with Crippen LogP contribution in [0.5, 0.6) is 0 Å². The molecule has 0 spiro atoms. The molecule has 2 rings (SSSR count). The van der Waals surface area contributed by atoms with Gasteiger partial charge >= 0.3 is 23.9 Å². The van der Waals surface area contributed by atoms with Gasteiger partial charge in [0.1, 0.15) is 6.61 Å². The van der Waals surface area contributed by atoms with Gasteiger partial charge in [0.05, 0.1) is 33.7 Å². The van der Waals surface area contributed by atoms with Crippen LogP contribution in [0.15, 0.2) is 47.6 Å². The average molecular weight is 524 g/mol. The van der Waals surface area contributed by atoms with Gasteiger partial charge in [0.25, 0.3) is 11.8 Å². The Kier molecular flexibility index (Phi) is 15.2. The van der Waals surface area contributed by atoms with Gasteiger partial charge in [0.2, 0.25) is 11.8 Å². The van der Waals surface area contributed by atoms with Crippen LogP contribution in [0, 0.1) is 0 Å². The number of methoxy groups -OCH3 is 2. The smallest absolute Gasteiger partial charge is 0.331 e. The molecular formula is C22H24N2O13. The molecule has 0 radical (unpaired) electrons. The topological polar surface area (TPSA) is 229 Å². The van der Waals surface area contributed by atoms with Crippen molar-refractivity contribution in [2.45, 2.75) is 12.8 Å². The third-order valence-corrected chi connectivity index (χ3v) is 3.69. The predicted molar refractivity (Wildman–Crippen MR) is 120 cm³/mol. The number of carbonyl (C=O) groups excluding carboxylic acids is 7. The molecule has 0 fully saturated rings. The van der Waals surface area contributed by atoms with Crippen molar-refractivity contribution in [3.8, 4) is 0 Å². The monoisotopic (exact) mass is 524 g/mol. The fourth-order valence-electron chi connectivity index (χ4n) is 2.14. The molecule has 0 unspecified atom stereocenters. The summed E-state index contributed by atoms with van der Waals surface area (Å²) in [6, 6.07) is 0. The fourth-order valence-corrected chi connectivity index (χ4v) is 2.14. The van der Waals surface area contributed by atoms with Crippen LogP contribution >= 0.6 is 0 Å². The molecule has 0 aliphatic carbocycles. The molecule has 0 atom stereocenters. The van der Waals surface area contributed by atoms with Gasteiger partial charge in [-0.25, -0.2) is 19.2 Å². The first kappa shape index (κ1) is 32.1. The standard InChI is InChI=1S/C11H11NO6.C6H7NO3.C5H6O4/c1-17-10(15)2-3-11(16)18-6-7-4-8(13)12-9(14)5-7;8-3-4-1-5(9)7-6(10)2-4;1-9-5(8)3-2-4(6)7/h2-4H,5-6H2,1H3,(H,12,13,14);1,8H,2-3H2,(H,7,9,10);2-3H,1H3,(H,6,7)/b3-2+;;3-2+. The first-order valence-electron chi connectivity index (χ1n) is 9.99. The lowest BCUT2D eigenvalue weighted by atomic mass is 10.1. The molecule has 2 heterocycles.